The summed E-state index contributed by atoms with van der Waals surface area (Å²) >= 11 is 1.23. The van der Waals surface area contributed by atoms with E-state index in [4.69, 9.17) is 9.47 Å². The minimum Gasteiger partial charge on any atom is -0.497 e. The lowest BCUT2D eigenvalue weighted by atomic mass is 10.1. The number of carbonyl (C=O) groups is 2. The van der Waals surface area contributed by atoms with E-state index in [1.807, 2.05) is 48.5 Å². The van der Waals surface area contributed by atoms with Crippen LogP contribution < -0.4 is 14.5 Å². The number of ether oxygens (including phenoxy) is 2. The van der Waals surface area contributed by atoms with Gasteiger partial charge in [-0.3, -0.25) is 9.59 Å². The molecule has 4 rings (SSSR count). The number of Topliss-reactive ketones (excluding diaryl/α,β-unsaturated/α-hetero) is 1. The van der Waals surface area contributed by atoms with Crippen LogP contribution in [-0.2, 0) is 9.59 Å². The third-order valence-corrected chi connectivity index (χ3v) is 6.32. The number of benzene rings is 2. The summed E-state index contributed by atoms with van der Waals surface area (Å²) in [4.78, 5) is 26.8. The first kappa shape index (κ1) is 22.6. The van der Waals surface area contributed by atoms with E-state index in [0.29, 0.717) is 39.5 Å². The number of allylic oxidation sites excluding steroid dienone is 1. The number of thioether (sulfide) groups is 1. The van der Waals surface area contributed by atoms with Gasteiger partial charge in [-0.15, -0.1) is 10.2 Å². The van der Waals surface area contributed by atoms with Gasteiger partial charge in [-0.25, -0.2) is 5.01 Å². The van der Waals surface area contributed by atoms with E-state index in [-0.39, 0.29) is 18.1 Å². The molecule has 0 atom stereocenters. The predicted molar refractivity (Wildman–Crippen MR) is 127 cm³/mol. The van der Waals surface area contributed by atoms with Crippen LogP contribution in [-0.4, -0.2) is 40.8 Å². The summed E-state index contributed by atoms with van der Waals surface area (Å²) in [6.45, 7) is 3.59. The first-order valence-electron chi connectivity index (χ1n) is 10.5. The maximum atomic E-state index is 13.3. The van der Waals surface area contributed by atoms with E-state index in [1.54, 1.807) is 32.7 Å². The molecule has 170 valence electrons. The van der Waals surface area contributed by atoms with Gasteiger partial charge in [0.15, 0.2) is 11.6 Å². The number of hydrogen-bond donors (Lipinski definition) is 0. The molecule has 33 heavy (non-hydrogen) atoms. The predicted octanol–water partition coefficient (Wildman–Crippen LogP) is 4.29. The molecule has 0 unspecified atom stereocenters. The normalized spacial score (nSPS) is 13.0. The maximum absolute atomic E-state index is 13.3. The fourth-order valence-electron chi connectivity index (χ4n) is 3.50. The zero-order chi connectivity index (χ0) is 23.5. The van der Waals surface area contributed by atoms with Crippen molar-refractivity contribution in [1.82, 2.24) is 14.9 Å². The molecule has 2 aromatic carbocycles. The van der Waals surface area contributed by atoms with E-state index in [1.165, 1.54) is 16.8 Å². The Labute approximate surface area is 196 Å². The van der Waals surface area contributed by atoms with Crippen molar-refractivity contribution in [3.63, 3.8) is 0 Å². The van der Waals surface area contributed by atoms with Crippen molar-refractivity contribution in [2.75, 3.05) is 19.2 Å². The molecule has 9 heteroatoms. The molecule has 8 nitrogen and oxygen atoms in total. The van der Waals surface area contributed by atoms with Crippen molar-refractivity contribution < 1.29 is 19.1 Å². The zero-order valence-corrected chi connectivity index (χ0v) is 19.7. The summed E-state index contributed by atoms with van der Waals surface area (Å²) in [5.41, 5.74) is 2.01. The van der Waals surface area contributed by atoms with Crippen LogP contribution in [0.1, 0.15) is 32.3 Å². The lowest BCUT2D eigenvalue weighted by molar-refractivity contribution is -0.118. The molecule has 3 aromatic rings. The number of nitrogens with zero attached hydrogens (tertiary/aromatic N) is 4. The fourth-order valence-corrected chi connectivity index (χ4v) is 4.58. The number of fused-ring (bicyclic) bond motifs is 1. The zero-order valence-electron chi connectivity index (χ0n) is 18.9. The second kappa shape index (κ2) is 9.50. The minimum absolute atomic E-state index is 0.0695. The van der Waals surface area contributed by atoms with Gasteiger partial charge >= 0.3 is 0 Å². The largest absolute Gasteiger partial charge is 0.497 e. The van der Waals surface area contributed by atoms with Gasteiger partial charge in [-0.05, 0) is 60.3 Å². The number of amides is 1. The summed E-state index contributed by atoms with van der Waals surface area (Å²) in [7, 11) is 3.19. The summed E-state index contributed by atoms with van der Waals surface area (Å²) in [6.07, 6.45) is 0.535. The topological polar surface area (TPSA) is 86.6 Å². The summed E-state index contributed by atoms with van der Waals surface area (Å²) in [5.74, 6) is 1.64. The van der Waals surface area contributed by atoms with Gasteiger partial charge in [0.2, 0.25) is 11.1 Å². The smallest absolute Gasteiger partial charge is 0.246 e. The molecule has 0 spiro atoms. The van der Waals surface area contributed by atoms with Gasteiger partial charge < -0.3 is 9.47 Å². The lowest BCUT2D eigenvalue weighted by Gasteiger charge is -2.33. The maximum Gasteiger partial charge on any atom is 0.246 e. The molecular formula is C24H24N4O4S. The number of hydrogen-bond acceptors (Lipinski definition) is 7. The molecule has 1 aliphatic rings. The van der Waals surface area contributed by atoms with Gasteiger partial charge in [-0.2, -0.15) is 4.68 Å². The molecule has 1 amide bonds. The van der Waals surface area contributed by atoms with Crippen molar-refractivity contribution in [2.24, 2.45) is 0 Å². The Morgan fingerprint density at radius 2 is 1.42 bits per heavy atom. The van der Waals surface area contributed by atoms with Crippen LogP contribution in [0.2, 0.25) is 0 Å². The Balaban J connectivity index is 1.93. The van der Waals surface area contributed by atoms with Gasteiger partial charge in [0.05, 0.1) is 24.8 Å². The van der Waals surface area contributed by atoms with Crippen LogP contribution in [0.3, 0.4) is 0 Å². The average Bonchev–Trinajstić information content (AvgIpc) is 3.30. The van der Waals surface area contributed by atoms with Gasteiger partial charge in [0.1, 0.15) is 11.5 Å². The minimum atomic E-state index is -0.182. The first-order valence-corrected chi connectivity index (χ1v) is 11.4. The molecule has 0 fully saturated rings. The molecule has 0 radical (unpaired) electrons. The van der Waals surface area contributed by atoms with Crippen LogP contribution in [0.5, 0.6) is 11.5 Å². The van der Waals surface area contributed by atoms with E-state index in [2.05, 4.69) is 10.2 Å². The van der Waals surface area contributed by atoms with Crippen LogP contribution in [0.15, 0.2) is 58.6 Å². The Hall–Kier alpha value is -3.59. The molecule has 0 saturated heterocycles. The Bertz CT molecular complexity index is 1220. The quantitative estimate of drug-likeness (QED) is 0.515. The number of ketones is 1. The highest BCUT2D eigenvalue weighted by Crippen LogP contribution is 2.42. The van der Waals surface area contributed by atoms with Crippen molar-refractivity contribution in [1.29, 1.82) is 0 Å². The molecule has 0 saturated carbocycles. The Morgan fingerprint density at radius 3 is 1.94 bits per heavy atom. The second-order valence-electron chi connectivity index (χ2n) is 7.19. The van der Waals surface area contributed by atoms with E-state index >= 15 is 0 Å². The van der Waals surface area contributed by atoms with Gasteiger partial charge in [-0.1, -0.05) is 13.8 Å². The van der Waals surface area contributed by atoms with Crippen LogP contribution in [0.4, 0.5) is 0 Å². The van der Waals surface area contributed by atoms with Gasteiger partial charge in [0, 0.05) is 24.0 Å². The molecule has 0 bridgehead atoms. The van der Waals surface area contributed by atoms with Crippen LogP contribution >= 0.6 is 11.8 Å². The number of aromatic nitrogens is 3. The fraction of sp³-hybridized carbons (Fsp3) is 0.250. The highest BCUT2D eigenvalue weighted by atomic mass is 32.2. The third kappa shape index (κ3) is 4.11. The summed E-state index contributed by atoms with van der Waals surface area (Å²) < 4.78 is 12.2. The molecular weight excluding hydrogens is 440 g/mol. The average molecular weight is 465 g/mol. The monoisotopic (exact) mass is 464 g/mol. The third-order valence-electron chi connectivity index (χ3n) is 5.26. The number of carbonyl (C=O) groups excluding carboxylic acids is 2. The number of rotatable bonds is 7. The molecule has 0 N–H and O–H groups in total. The standard InChI is InChI=1S/C24H24N4O4S/c1-5-19(29)22-21(15-7-11-17(31-3)12-8-15)27(20(30)6-2)28-23(25-26-24(28)33-22)16-9-13-18(32-4)14-10-16/h7-14H,5-6H2,1-4H3. The first-order chi connectivity index (χ1) is 16.0. The summed E-state index contributed by atoms with van der Waals surface area (Å²) in [5, 5.41) is 10.7. The molecule has 2 heterocycles. The van der Waals surface area contributed by atoms with Crippen LogP contribution in [0, 0.1) is 0 Å². The van der Waals surface area contributed by atoms with Crippen molar-refractivity contribution in [3.8, 4) is 22.9 Å². The van der Waals surface area contributed by atoms with Crippen molar-refractivity contribution in [2.45, 2.75) is 31.8 Å². The molecule has 1 aliphatic heterocycles. The molecule has 1 aromatic heterocycles. The Morgan fingerprint density at radius 1 is 0.848 bits per heavy atom. The SMILES string of the molecule is CCC(=O)C1=C(c2ccc(OC)cc2)N(C(=O)CC)n2c(nnc2-c2ccc(OC)cc2)S1. The number of methoxy groups -OCH3 is 2. The van der Waals surface area contributed by atoms with E-state index in [0.717, 1.165) is 11.1 Å². The van der Waals surface area contributed by atoms with E-state index < -0.39 is 0 Å². The highest BCUT2D eigenvalue weighted by molar-refractivity contribution is 8.04. The van der Waals surface area contributed by atoms with Gasteiger partial charge in [0.25, 0.3) is 0 Å². The highest BCUT2D eigenvalue weighted by Gasteiger charge is 2.36. The van der Waals surface area contributed by atoms with Crippen LogP contribution in [0.25, 0.3) is 17.1 Å². The Kier molecular flexibility index (Phi) is 6.50. The van der Waals surface area contributed by atoms with E-state index in [9.17, 15) is 9.59 Å². The summed E-state index contributed by atoms with van der Waals surface area (Å²) in [6, 6.07) is 14.7. The van der Waals surface area contributed by atoms with Crippen molar-refractivity contribution >= 4 is 29.1 Å². The van der Waals surface area contributed by atoms with Crippen molar-refractivity contribution in [3.05, 3.63) is 59.0 Å². The second-order valence-corrected chi connectivity index (χ2v) is 8.17. The lowest BCUT2D eigenvalue weighted by Crippen LogP contribution is -2.42. The molecule has 0 aliphatic carbocycles.